The quantitative estimate of drug-likeness (QED) is 0.669. The third-order valence-corrected chi connectivity index (χ3v) is 2.52. The highest BCUT2D eigenvalue weighted by Crippen LogP contribution is 2.28. The van der Waals surface area contributed by atoms with Crippen molar-refractivity contribution in [2.75, 3.05) is 6.61 Å². The first-order valence-electron chi connectivity index (χ1n) is 4.75. The molecule has 0 fully saturated rings. The summed E-state index contributed by atoms with van der Waals surface area (Å²) in [6.45, 7) is 6.99. The van der Waals surface area contributed by atoms with Crippen molar-refractivity contribution in [3.8, 4) is 5.75 Å². The molecule has 1 aromatic rings. The molecule has 0 spiro atoms. The van der Waals surface area contributed by atoms with Gasteiger partial charge in [0.15, 0.2) is 0 Å². The van der Waals surface area contributed by atoms with Gasteiger partial charge in [-0.15, -0.1) is 0 Å². The van der Waals surface area contributed by atoms with E-state index in [2.05, 4.69) is 31.7 Å². The van der Waals surface area contributed by atoms with Crippen LogP contribution in [0.3, 0.4) is 0 Å². The van der Waals surface area contributed by atoms with Crippen LogP contribution in [0.2, 0.25) is 0 Å². The third-order valence-electron chi connectivity index (χ3n) is 2.52. The summed E-state index contributed by atoms with van der Waals surface area (Å²) in [5, 5.41) is 0. The van der Waals surface area contributed by atoms with Crippen LogP contribution >= 0.6 is 0 Å². The lowest BCUT2D eigenvalue weighted by atomic mass is 10.0. The van der Waals surface area contributed by atoms with Crippen molar-refractivity contribution in [2.45, 2.75) is 19.8 Å². The van der Waals surface area contributed by atoms with Gasteiger partial charge >= 0.3 is 0 Å². The fraction of sp³-hybridized carbons (Fsp3) is 0.333. The zero-order valence-electron chi connectivity index (χ0n) is 7.97. The number of ether oxygens (including phenoxy) is 1. The molecule has 0 N–H and O–H groups in total. The van der Waals surface area contributed by atoms with E-state index in [9.17, 15) is 0 Å². The van der Waals surface area contributed by atoms with Crippen molar-refractivity contribution in [3.05, 3.63) is 35.9 Å². The van der Waals surface area contributed by atoms with Gasteiger partial charge < -0.3 is 4.74 Å². The molecule has 0 amide bonds. The summed E-state index contributed by atoms with van der Waals surface area (Å²) in [7, 11) is 0. The van der Waals surface area contributed by atoms with Crippen LogP contribution in [0.1, 0.15) is 24.5 Å². The fourth-order valence-corrected chi connectivity index (χ4v) is 1.61. The van der Waals surface area contributed by atoms with Gasteiger partial charge in [0, 0.05) is 6.42 Å². The summed E-state index contributed by atoms with van der Waals surface area (Å²) < 4.78 is 5.44. The number of benzene rings is 1. The highest BCUT2D eigenvalue weighted by molar-refractivity contribution is 5.65. The van der Waals surface area contributed by atoms with Crippen molar-refractivity contribution >= 4 is 5.57 Å². The Hall–Kier alpha value is -1.24. The van der Waals surface area contributed by atoms with Crippen LogP contribution in [0.4, 0.5) is 0 Å². The summed E-state index contributed by atoms with van der Waals surface area (Å²) in [6.07, 6.45) is 2.06. The van der Waals surface area contributed by atoms with Gasteiger partial charge in [0.05, 0.1) is 6.61 Å². The molecule has 0 radical (unpaired) electrons. The maximum Gasteiger partial charge on any atom is 0.122 e. The summed E-state index contributed by atoms with van der Waals surface area (Å²) in [5.74, 6) is 1.05. The van der Waals surface area contributed by atoms with Crippen LogP contribution in [0, 0.1) is 0 Å². The van der Waals surface area contributed by atoms with Crippen molar-refractivity contribution in [1.29, 1.82) is 0 Å². The summed E-state index contributed by atoms with van der Waals surface area (Å²) >= 11 is 0. The van der Waals surface area contributed by atoms with Crippen molar-refractivity contribution in [3.63, 3.8) is 0 Å². The summed E-state index contributed by atoms with van der Waals surface area (Å²) in [4.78, 5) is 0. The van der Waals surface area contributed by atoms with Gasteiger partial charge in [-0.1, -0.05) is 19.6 Å². The lowest BCUT2D eigenvalue weighted by Gasteiger charge is -2.04. The molecule has 1 nitrogen and oxygen atoms in total. The fourth-order valence-electron chi connectivity index (χ4n) is 1.61. The number of hydrogen-bond donors (Lipinski definition) is 0. The minimum atomic E-state index is 0.831. The van der Waals surface area contributed by atoms with Crippen LogP contribution in [-0.4, -0.2) is 6.61 Å². The van der Waals surface area contributed by atoms with Crippen LogP contribution in [-0.2, 0) is 6.42 Å². The van der Waals surface area contributed by atoms with Gasteiger partial charge in [0.1, 0.15) is 5.75 Å². The largest absolute Gasteiger partial charge is 0.493 e. The second-order valence-electron chi connectivity index (χ2n) is 3.38. The van der Waals surface area contributed by atoms with Crippen LogP contribution in [0.5, 0.6) is 5.75 Å². The van der Waals surface area contributed by atoms with Crippen molar-refractivity contribution in [1.82, 2.24) is 0 Å². The molecule has 1 aromatic carbocycles. The van der Waals surface area contributed by atoms with Gasteiger partial charge in [0.2, 0.25) is 0 Å². The minimum absolute atomic E-state index is 0.831. The Morgan fingerprint density at radius 2 is 2.38 bits per heavy atom. The molecule has 0 aromatic heterocycles. The smallest absolute Gasteiger partial charge is 0.122 e. The molecule has 1 aliphatic heterocycles. The number of fused-ring (bicyclic) bond motifs is 1. The Morgan fingerprint density at radius 3 is 3.15 bits per heavy atom. The Morgan fingerprint density at radius 1 is 1.54 bits per heavy atom. The molecule has 0 aliphatic carbocycles. The van der Waals surface area contributed by atoms with Crippen LogP contribution in [0.15, 0.2) is 24.8 Å². The molecule has 0 saturated carbocycles. The van der Waals surface area contributed by atoms with E-state index in [4.69, 9.17) is 4.74 Å². The van der Waals surface area contributed by atoms with Crippen molar-refractivity contribution in [2.24, 2.45) is 0 Å². The monoisotopic (exact) mass is 174 g/mol. The Labute approximate surface area is 79.0 Å². The second-order valence-corrected chi connectivity index (χ2v) is 3.38. The van der Waals surface area contributed by atoms with Gasteiger partial charge in [0.25, 0.3) is 0 Å². The normalized spacial score (nSPS) is 13.6. The van der Waals surface area contributed by atoms with Gasteiger partial charge in [-0.2, -0.15) is 0 Å². The van der Waals surface area contributed by atoms with Crippen molar-refractivity contribution < 1.29 is 4.74 Å². The molecule has 68 valence electrons. The molecule has 1 heteroatoms. The standard InChI is InChI=1S/C12H14O/c1-3-9(2)10-4-5-12-11(8-10)6-7-13-12/h4-5,8H,2-3,6-7H2,1H3. The molecule has 1 aliphatic rings. The first-order valence-corrected chi connectivity index (χ1v) is 4.75. The molecule has 0 unspecified atom stereocenters. The molecule has 0 saturated heterocycles. The first-order chi connectivity index (χ1) is 6.31. The van der Waals surface area contributed by atoms with E-state index < -0.39 is 0 Å². The molecule has 1 heterocycles. The predicted octanol–water partition coefficient (Wildman–Crippen LogP) is 3.04. The van der Waals surface area contributed by atoms with E-state index in [0.29, 0.717) is 0 Å². The molecular weight excluding hydrogens is 160 g/mol. The number of rotatable bonds is 2. The van der Waals surface area contributed by atoms with E-state index >= 15 is 0 Å². The predicted molar refractivity (Wildman–Crippen MR) is 55.0 cm³/mol. The zero-order valence-corrected chi connectivity index (χ0v) is 7.97. The molecule has 2 rings (SSSR count). The third kappa shape index (κ3) is 1.46. The lowest BCUT2D eigenvalue weighted by molar-refractivity contribution is 0.357. The number of allylic oxidation sites excluding steroid dienone is 1. The van der Waals surface area contributed by atoms with Gasteiger partial charge in [-0.3, -0.25) is 0 Å². The topological polar surface area (TPSA) is 9.23 Å². The van der Waals surface area contributed by atoms with Gasteiger partial charge in [-0.05, 0) is 35.3 Å². The van der Waals surface area contributed by atoms with E-state index in [0.717, 1.165) is 25.2 Å². The summed E-state index contributed by atoms with van der Waals surface area (Å²) in [5.41, 5.74) is 3.79. The molecule has 0 bridgehead atoms. The van der Waals surface area contributed by atoms with E-state index in [-0.39, 0.29) is 0 Å². The Bertz CT molecular complexity index is 339. The van der Waals surface area contributed by atoms with Gasteiger partial charge in [-0.25, -0.2) is 0 Å². The Kier molecular flexibility index (Phi) is 2.09. The second kappa shape index (κ2) is 3.25. The highest BCUT2D eigenvalue weighted by Gasteiger charge is 2.12. The SMILES string of the molecule is C=C(CC)c1ccc2c(c1)CCO2. The van der Waals surface area contributed by atoms with E-state index in [1.807, 2.05) is 0 Å². The van der Waals surface area contributed by atoms with E-state index in [1.54, 1.807) is 0 Å². The van der Waals surface area contributed by atoms with Crippen LogP contribution < -0.4 is 4.74 Å². The molecule has 0 atom stereocenters. The van der Waals surface area contributed by atoms with E-state index in [1.165, 1.54) is 16.7 Å². The average molecular weight is 174 g/mol. The molecular formula is C12H14O. The zero-order chi connectivity index (χ0) is 9.26. The maximum absolute atomic E-state index is 5.44. The van der Waals surface area contributed by atoms with Crippen LogP contribution in [0.25, 0.3) is 5.57 Å². The lowest BCUT2D eigenvalue weighted by Crippen LogP contribution is -1.85. The highest BCUT2D eigenvalue weighted by atomic mass is 16.5. The first kappa shape index (κ1) is 8.36. The minimum Gasteiger partial charge on any atom is -0.493 e. The average Bonchev–Trinajstić information content (AvgIpc) is 2.63. The summed E-state index contributed by atoms with van der Waals surface area (Å²) in [6, 6.07) is 6.35. The molecule has 13 heavy (non-hydrogen) atoms. The maximum atomic E-state index is 5.44. The Balaban J connectivity index is 2.36. The number of hydrogen-bond acceptors (Lipinski definition) is 1.